The van der Waals surface area contributed by atoms with Crippen LogP contribution in [0.4, 0.5) is 0 Å². The molecule has 1 aliphatic carbocycles. The summed E-state index contributed by atoms with van der Waals surface area (Å²) in [5.74, 6) is 2.80. The van der Waals surface area contributed by atoms with Gasteiger partial charge in [0.25, 0.3) is 0 Å². The van der Waals surface area contributed by atoms with Crippen LogP contribution in [0.1, 0.15) is 64.5 Å². The molecule has 0 amide bonds. The molecular weight excluding hydrogens is 346 g/mol. The van der Waals surface area contributed by atoms with Crippen molar-refractivity contribution in [3.8, 4) is 0 Å². The van der Waals surface area contributed by atoms with E-state index in [2.05, 4.69) is 46.5 Å². The molecule has 156 valence electrons. The third-order valence-electron chi connectivity index (χ3n) is 6.24. The Morgan fingerprint density at radius 3 is 2.79 bits per heavy atom. The molecule has 1 aromatic heterocycles. The number of aliphatic imine (C=N–C) groups is 1. The Labute approximate surface area is 171 Å². The number of pyridine rings is 1. The van der Waals surface area contributed by atoms with Gasteiger partial charge in [-0.25, -0.2) is 0 Å². The zero-order valence-electron chi connectivity index (χ0n) is 17.9. The number of aromatic nitrogens is 1. The minimum atomic E-state index is 0.521. The number of hydrogen-bond acceptors (Lipinski definition) is 3. The van der Waals surface area contributed by atoms with Crippen LogP contribution in [0.5, 0.6) is 0 Å². The van der Waals surface area contributed by atoms with Gasteiger partial charge in [0, 0.05) is 45.0 Å². The molecule has 2 atom stereocenters. The minimum absolute atomic E-state index is 0.521. The highest BCUT2D eigenvalue weighted by atomic mass is 15.2. The van der Waals surface area contributed by atoms with Crippen LogP contribution in [0.2, 0.25) is 0 Å². The topological polar surface area (TPSA) is 52.6 Å². The van der Waals surface area contributed by atoms with Crippen LogP contribution >= 0.6 is 0 Å². The molecule has 0 aromatic carbocycles. The van der Waals surface area contributed by atoms with E-state index in [-0.39, 0.29) is 0 Å². The molecule has 5 nitrogen and oxygen atoms in total. The van der Waals surface area contributed by atoms with Crippen LogP contribution in [-0.2, 0) is 6.54 Å². The van der Waals surface area contributed by atoms with E-state index in [1.807, 2.05) is 12.3 Å². The maximum absolute atomic E-state index is 4.88. The predicted octanol–water partition coefficient (Wildman–Crippen LogP) is 3.82. The lowest BCUT2D eigenvalue weighted by molar-refractivity contribution is 0.196. The number of rotatable bonds is 7. The lowest BCUT2D eigenvalue weighted by Gasteiger charge is -2.33. The quantitative estimate of drug-likeness (QED) is 0.553. The van der Waals surface area contributed by atoms with Gasteiger partial charge in [-0.15, -0.1) is 0 Å². The predicted molar refractivity (Wildman–Crippen MR) is 117 cm³/mol. The number of hydrogen-bond donors (Lipinski definition) is 2. The Kier molecular flexibility index (Phi) is 8.59. The van der Waals surface area contributed by atoms with Gasteiger partial charge in [0.2, 0.25) is 0 Å². The highest BCUT2D eigenvalue weighted by Gasteiger charge is 2.21. The van der Waals surface area contributed by atoms with E-state index in [1.165, 1.54) is 37.8 Å². The summed E-state index contributed by atoms with van der Waals surface area (Å²) >= 11 is 0. The molecule has 2 unspecified atom stereocenters. The van der Waals surface area contributed by atoms with Crippen molar-refractivity contribution in [1.82, 2.24) is 20.5 Å². The summed E-state index contributed by atoms with van der Waals surface area (Å²) < 4.78 is 0. The summed E-state index contributed by atoms with van der Waals surface area (Å²) in [6.45, 7) is 9.62. The van der Waals surface area contributed by atoms with Crippen LogP contribution in [-0.4, -0.2) is 48.1 Å². The molecule has 0 bridgehead atoms. The van der Waals surface area contributed by atoms with Crippen molar-refractivity contribution in [3.05, 3.63) is 30.1 Å². The summed E-state index contributed by atoms with van der Waals surface area (Å²) in [4.78, 5) is 11.8. The maximum Gasteiger partial charge on any atom is 0.191 e. The summed E-state index contributed by atoms with van der Waals surface area (Å²) in [5.41, 5.74) is 1.17. The van der Waals surface area contributed by atoms with Gasteiger partial charge in [-0.05, 0) is 56.6 Å². The molecule has 1 saturated heterocycles. The molecular formula is C23H39N5. The second-order valence-corrected chi connectivity index (χ2v) is 8.70. The summed E-state index contributed by atoms with van der Waals surface area (Å²) in [6.07, 6.45) is 11.1. The third-order valence-corrected chi connectivity index (χ3v) is 6.24. The fourth-order valence-electron chi connectivity index (χ4n) is 4.65. The lowest BCUT2D eigenvalue weighted by Crippen LogP contribution is -2.48. The molecule has 28 heavy (non-hydrogen) atoms. The average molecular weight is 386 g/mol. The van der Waals surface area contributed by atoms with Crippen molar-refractivity contribution in [2.24, 2.45) is 16.8 Å². The van der Waals surface area contributed by atoms with E-state index < -0.39 is 0 Å². The van der Waals surface area contributed by atoms with Crippen molar-refractivity contribution in [3.63, 3.8) is 0 Å². The highest BCUT2D eigenvalue weighted by Crippen LogP contribution is 2.30. The number of nitrogens with one attached hydrogen (secondary N) is 2. The molecule has 3 rings (SSSR count). The molecule has 1 saturated carbocycles. The van der Waals surface area contributed by atoms with Crippen molar-refractivity contribution in [2.45, 2.75) is 71.4 Å². The summed E-state index contributed by atoms with van der Waals surface area (Å²) in [5, 5.41) is 7.13. The van der Waals surface area contributed by atoms with Crippen LogP contribution in [0.15, 0.2) is 29.4 Å². The van der Waals surface area contributed by atoms with Gasteiger partial charge in [-0.1, -0.05) is 32.3 Å². The Balaban J connectivity index is 1.40. The van der Waals surface area contributed by atoms with Crippen molar-refractivity contribution >= 4 is 5.96 Å². The molecule has 2 N–H and O–H groups in total. The second-order valence-electron chi connectivity index (χ2n) is 8.70. The van der Waals surface area contributed by atoms with Gasteiger partial charge in [0.1, 0.15) is 0 Å². The molecule has 0 spiro atoms. The zero-order chi connectivity index (χ0) is 19.6. The summed E-state index contributed by atoms with van der Waals surface area (Å²) in [6, 6.07) is 6.69. The van der Waals surface area contributed by atoms with Crippen molar-refractivity contribution in [2.75, 3.05) is 26.2 Å². The molecule has 0 radical (unpaired) electrons. The number of guanidine groups is 1. The van der Waals surface area contributed by atoms with Gasteiger partial charge in [0.15, 0.2) is 5.96 Å². The SMILES string of the molecule is CCNC(=NCCC1CCCC(C)C1)NC1CCN(Cc2ccccn2)CC1. The Hall–Kier alpha value is -1.62. The maximum atomic E-state index is 4.88. The van der Waals surface area contributed by atoms with E-state index in [4.69, 9.17) is 4.99 Å². The third kappa shape index (κ3) is 7.08. The van der Waals surface area contributed by atoms with Crippen molar-refractivity contribution < 1.29 is 0 Å². The van der Waals surface area contributed by atoms with Gasteiger partial charge < -0.3 is 10.6 Å². The number of piperidine rings is 1. The van der Waals surface area contributed by atoms with E-state index in [0.717, 1.165) is 63.4 Å². The first-order chi connectivity index (χ1) is 13.7. The first-order valence-corrected chi connectivity index (χ1v) is 11.4. The van der Waals surface area contributed by atoms with E-state index in [1.54, 1.807) is 0 Å². The smallest absolute Gasteiger partial charge is 0.191 e. The highest BCUT2D eigenvalue weighted by molar-refractivity contribution is 5.80. The largest absolute Gasteiger partial charge is 0.357 e. The lowest BCUT2D eigenvalue weighted by atomic mass is 9.81. The normalized spacial score (nSPS) is 24.9. The number of nitrogens with zero attached hydrogens (tertiary/aromatic N) is 3. The van der Waals surface area contributed by atoms with E-state index in [0.29, 0.717) is 6.04 Å². The first-order valence-electron chi connectivity index (χ1n) is 11.4. The average Bonchev–Trinajstić information content (AvgIpc) is 2.70. The molecule has 2 aliphatic rings. The second kappa shape index (κ2) is 11.4. The van der Waals surface area contributed by atoms with Crippen LogP contribution in [0.25, 0.3) is 0 Å². The fourth-order valence-corrected chi connectivity index (χ4v) is 4.65. The fraction of sp³-hybridized carbons (Fsp3) is 0.739. The van der Waals surface area contributed by atoms with Crippen molar-refractivity contribution in [1.29, 1.82) is 0 Å². The Morgan fingerprint density at radius 2 is 2.07 bits per heavy atom. The molecule has 2 fully saturated rings. The van der Waals surface area contributed by atoms with E-state index >= 15 is 0 Å². The Bertz CT molecular complexity index is 580. The van der Waals surface area contributed by atoms with Gasteiger partial charge in [-0.2, -0.15) is 0 Å². The van der Waals surface area contributed by atoms with Gasteiger partial charge in [0.05, 0.1) is 5.69 Å². The van der Waals surface area contributed by atoms with E-state index in [9.17, 15) is 0 Å². The number of likely N-dealkylation sites (tertiary alicyclic amines) is 1. The molecule has 1 aliphatic heterocycles. The minimum Gasteiger partial charge on any atom is -0.357 e. The van der Waals surface area contributed by atoms with Gasteiger partial charge in [-0.3, -0.25) is 14.9 Å². The Morgan fingerprint density at radius 1 is 1.21 bits per heavy atom. The van der Waals surface area contributed by atoms with Gasteiger partial charge >= 0.3 is 0 Å². The molecule has 2 heterocycles. The van der Waals surface area contributed by atoms with Crippen LogP contribution in [0.3, 0.4) is 0 Å². The zero-order valence-corrected chi connectivity index (χ0v) is 17.9. The molecule has 1 aromatic rings. The standard InChI is InChI=1S/C23H39N5/c1-3-24-23(26-14-10-20-8-6-7-19(2)17-20)27-21-11-15-28(16-12-21)18-22-9-4-5-13-25-22/h4-5,9,13,19-21H,3,6-8,10-12,14-18H2,1-2H3,(H2,24,26,27). The monoisotopic (exact) mass is 385 g/mol. The first kappa shape index (κ1) is 21.1. The van der Waals surface area contributed by atoms with Crippen LogP contribution in [0, 0.1) is 11.8 Å². The molecule has 5 heteroatoms. The summed E-state index contributed by atoms with van der Waals surface area (Å²) in [7, 11) is 0. The van der Waals surface area contributed by atoms with Crippen LogP contribution < -0.4 is 10.6 Å².